The van der Waals surface area contributed by atoms with E-state index in [0.717, 1.165) is 24.3 Å². The maximum Gasteiger partial charge on any atom is 0.263 e. The maximum absolute atomic E-state index is 12.1. The van der Waals surface area contributed by atoms with E-state index in [1.165, 1.54) is 0 Å². The monoisotopic (exact) mass is 248 g/mol. The first-order valence-corrected chi connectivity index (χ1v) is 6.54. The summed E-state index contributed by atoms with van der Waals surface area (Å²) < 4.78 is 5.71. The van der Waals surface area contributed by atoms with Gasteiger partial charge in [-0.15, -0.1) is 0 Å². The van der Waals surface area contributed by atoms with Gasteiger partial charge >= 0.3 is 0 Å². The molecular weight excluding hydrogens is 228 g/mol. The highest BCUT2D eigenvalue weighted by Gasteiger charge is 2.26. The number of amides is 1. The second kappa shape index (κ2) is 5.76. The summed E-state index contributed by atoms with van der Waals surface area (Å²) in [6.45, 7) is 4.66. The Labute approximate surface area is 108 Å². The smallest absolute Gasteiger partial charge is 0.263 e. The van der Waals surface area contributed by atoms with Gasteiger partial charge in [0, 0.05) is 6.04 Å². The first kappa shape index (κ1) is 12.7. The van der Waals surface area contributed by atoms with Crippen molar-refractivity contribution < 1.29 is 9.53 Å². The molecule has 0 unspecified atom stereocenters. The fourth-order valence-corrected chi connectivity index (χ4v) is 2.05. The maximum atomic E-state index is 12.1. The van der Waals surface area contributed by atoms with Crippen molar-refractivity contribution in [1.29, 1.82) is 0 Å². The van der Waals surface area contributed by atoms with E-state index in [-0.39, 0.29) is 11.9 Å². The Balaban J connectivity index is 1.98. The van der Waals surface area contributed by atoms with Crippen LogP contribution in [0.3, 0.4) is 0 Å². The molecule has 4 heteroatoms. The Kier molecular flexibility index (Phi) is 4.07. The molecule has 1 heterocycles. The van der Waals surface area contributed by atoms with E-state index in [9.17, 15) is 4.79 Å². The van der Waals surface area contributed by atoms with E-state index in [4.69, 9.17) is 4.74 Å². The lowest BCUT2D eigenvalue weighted by Crippen LogP contribution is -2.47. The zero-order chi connectivity index (χ0) is 13.0. The van der Waals surface area contributed by atoms with Gasteiger partial charge in [-0.05, 0) is 25.0 Å². The lowest BCUT2D eigenvalue weighted by molar-refractivity contribution is -0.128. The van der Waals surface area contributed by atoms with E-state index in [1.54, 1.807) is 0 Å². The number of hydrogen-bond donors (Lipinski definition) is 2. The lowest BCUT2D eigenvalue weighted by atomic mass is 10.1. The molecule has 0 fully saturated rings. The quantitative estimate of drug-likeness (QED) is 0.858. The third-order valence-corrected chi connectivity index (χ3v) is 3.26. The van der Waals surface area contributed by atoms with Crippen molar-refractivity contribution in [3.63, 3.8) is 0 Å². The Morgan fingerprint density at radius 2 is 2.17 bits per heavy atom. The van der Waals surface area contributed by atoms with Crippen LogP contribution in [-0.2, 0) is 4.79 Å². The molecular formula is C14H20N2O2. The standard InChI is InChI=1S/C14H20N2O2/c1-3-10(4-2)16-14(17)13-9-15-11-7-5-6-8-12(11)18-13/h5-8,10,13,15H,3-4,9H2,1-2H3,(H,16,17)/t13-/m0/s1. The third kappa shape index (κ3) is 2.75. The van der Waals surface area contributed by atoms with E-state index in [1.807, 2.05) is 24.3 Å². The highest BCUT2D eigenvalue weighted by Crippen LogP contribution is 2.28. The topological polar surface area (TPSA) is 50.4 Å². The molecule has 0 bridgehead atoms. The normalized spacial score (nSPS) is 17.6. The fraction of sp³-hybridized carbons (Fsp3) is 0.500. The van der Waals surface area contributed by atoms with Crippen LogP contribution in [0.5, 0.6) is 5.75 Å². The second-order valence-electron chi connectivity index (χ2n) is 4.51. The fourth-order valence-electron chi connectivity index (χ4n) is 2.05. The molecule has 0 saturated carbocycles. The summed E-state index contributed by atoms with van der Waals surface area (Å²) in [5.74, 6) is 0.708. The van der Waals surface area contributed by atoms with Crippen molar-refractivity contribution >= 4 is 11.6 Å². The summed E-state index contributed by atoms with van der Waals surface area (Å²) in [5.41, 5.74) is 0.948. The van der Waals surface area contributed by atoms with Crippen molar-refractivity contribution in [2.24, 2.45) is 0 Å². The molecule has 0 radical (unpaired) electrons. The number of carbonyl (C=O) groups is 1. The van der Waals surface area contributed by atoms with Crippen LogP contribution in [0.4, 0.5) is 5.69 Å². The summed E-state index contributed by atoms with van der Waals surface area (Å²) in [6, 6.07) is 7.91. The summed E-state index contributed by atoms with van der Waals surface area (Å²) in [7, 11) is 0. The molecule has 0 aliphatic carbocycles. The Bertz CT molecular complexity index is 416. The van der Waals surface area contributed by atoms with Gasteiger partial charge in [-0.3, -0.25) is 4.79 Å². The van der Waals surface area contributed by atoms with Gasteiger partial charge in [-0.1, -0.05) is 26.0 Å². The molecule has 2 N–H and O–H groups in total. The van der Waals surface area contributed by atoms with E-state index in [2.05, 4.69) is 24.5 Å². The number of benzene rings is 1. The second-order valence-corrected chi connectivity index (χ2v) is 4.51. The van der Waals surface area contributed by atoms with Gasteiger partial charge in [0.25, 0.3) is 5.91 Å². The lowest BCUT2D eigenvalue weighted by Gasteiger charge is -2.27. The molecule has 18 heavy (non-hydrogen) atoms. The first-order chi connectivity index (χ1) is 8.74. The number of carbonyl (C=O) groups excluding carboxylic acids is 1. The number of rotatable bonds is 4. The number of anilines is 1. The highest BCUT2D eigenvalue weighted by atomic mass is 16.5. The molecule has 1 amide bonds. The van der Waals surface area contributed by atoms with Gasteiger partial charge in [0.15, 0.2) is 6.10 Å². The third-order valence-electron chi connectivity index (χ3n) is 3.26. The molecule has 1 aromatic rings. The first-order valence-electron chi connectivity index (χ1n) is 6.54. The van der Waals surface area contributed by atoms with Crippen molar-refractivity contribution in [2.45, 2.75) is 38.8 Å². The van der Waals surface area contributed by atoms with Crippen molar-refractivity contribution in [3.05, 3.63) is 24.3 Å². The predicted molar refractivity (Wildman–Crippen MR) is 71.9 cm³/mol. The van der Waals surface area contributed by atoms with Gasteiger partial charge in [-0.25, -0.2) is 0 Å². The number of fused-ring (bicyclic) bond motifs is 1. The molecule has 0 spiro atoms. The van der Waals surface area contributed by atoms with Crippen molar-refractivity contribution in [2.75, 3.05) is 11.9 Å². The zero-order valence-electron chi connectivity index (χ0n) is 10.9. The van der Waals surface area contributed by atoms with Crippen LogP contribution in [-0.4, -0.2) is 24.6 Å². The summed E-state index contributed by atoms with van der Waals surface area (Å²) in [6.07, 6.45) is 1.44. The van der Waals surface area contributed by atoms with Crippen LogP contribution >= 0.6 is 0 Å². The number of ether oxygens (including phenoxy) is 1. The van der Waals surface area contributed by atoms with E-state index >= 15 is 0 Å². The Morgan fingerprint density at radius 3 is 2.89 bits per heavy atom. The molecule has 1 aliphatic heterocycles. The average Bonchev–Trinajstić information content (AvgIpc) is 2.44. The summed E-state index contributed by atoms with van der Waals surface area (Å²) >= 11 is 0. The Hall–Kier alpha value is -1.71. The van der Waals surface area contributed by atoms with Crippen molar-refractivity contribution in [3.8, 4) is 5.75 Å². The van der Waals surface area contributed by atoms with Crippen LogP contribution in [0.15, 0.2) is 24.3 Å². The van der Waals surface area contributed by atoms with Gasteiger partial charge in [0.2, 0.25) is 0 Å². The SMILES string of the molecule is CCC(CC)NC(=O)[C@@H]1CNc2ccccc2O1. The Morgan fingerprint density at radius 1 is 1.44 bits per heavy atom. The molecule has 1 atom stereocenters. The van der Waals surface area contributed by atoms with Crippen molar-refractivity contribution in [1.82, 2.24) is 5.32 Å². The van der Waals surface area contributed by atoms with E-state index in [0.29, 0.717) is 6.54 Å². The summed E-state index contributed by atoms with van der Waals surface area (Å²) in [5, 5.41) is 6.23. The van der Waals surface area contributed by atoms with Crippen LogP contribution in [0.2, 0.25) is 0 Å². The van der Waals surface area contributed by atoms with Gasteiger partial charge < -0.3 is 15.4 Å². The molecule has 4 nitrogen and oxygen atoms in total. The molecule has 2 rings (SSSR count). The minimum absolute atomic E-state index is 0.0364. The largest absolute Gasteiger partial charge is 0.477 e. The molecule has 0 aromatic heterocycles. The van der Waals surface area contributed by atoms with Gasteiger partial charge in [0.1, 0.15) is 5.75 Å². The van der Waals surface area contributed by atoms with Crippen LogP contribution in [0.25, 0.3) is 0 Å². The average molecular weight is 248 g/mol. The van der Waals surface area contributed by atoms with Gasteiger partial charge in [-0.2, -0.15) is 0 Å². The van der Waals surface area contributed by atoms with Crippen LogP contribution < -0.4 is 15.4 Å². The number of hydrogen-bond acceptors (Lipinski definition) is 3. The van der Waals surface area contributed by atoms with Crippen LogP contribution in [0.1, 0.15) is 26.7 Å². The molecule has 98 valence electrons. The molecule has 1 aliphatic rings. The van der Waals surface area contributed by atoms with E-state index < -0.39 is 6.10 Å². The van der Waals surface area contributed by atoms with Gasteiger partial charge in [0.05, 0.1) is 12.2 Å². The number of nitrogens with one attached hydrogen (secondary N) is 2. The molecule has 1 aromatic carbocycles. The summed E-state index contributed by atoms with van der Waals surface area (Å²) in [4.78, 5) is 12.1. The molecule has 0 saturated heterocycles. The highest BCUT2D eigenvalue weighted by molar-refractivity contribution is 5.83. The number of para-hydroxylation sites is 2. The van der Waals surface area contributed by atoms with Crippen LogP contribution in [0, 0.1) is 0 Å². The minimum Gasteiger partial charge on any atom is -0.477 e. The minimum atomic E-state index is -0.444. The predicted octanol–water partition coefficient (Wildman–Crippen LogP) is 2.16. The zero-order valence-corrected chi connectivity index (χ0v) is 10.9.